The summed E-state index contributed by atoms with van der Waals surface area (Å²) in [5.74, 6) is 0.874. The Morgan fingerprint density at radius 3 is 2.45 bits per heavy atom. The molecular weight excluding hydrogens is 250 g/mol. The topological polar surface area (TPSA) is 49.6 Å². The summed E-state index contributed by atoms with van der Waals surface area (Å²) in [5, 5.41) is 0. The first kappa shape index (κ1) is 17.4. The average Bonchev–Trinajstić information content (AvgIpc) is 2.37. The van der Waals surface area contributed by atoms with E-state index in [0.29, 0.717) is 17.9 Å². The van der Waals surface area contributed by atoms with Crippen molar-refractivity contribution >= 4 is 5.91 Å². The van der Waals surface area contributed by atoms with Crippen LogP contribution in [-0.2, 0) is 4.79 Å². The van der Waals surface area contributed by atoms with E-state index in [0.717, 1.165) is 32.4 Å². The monoisotopic (exact) mass is 283 g/mol. The lowest BCUT2D eigenvalue weighted by atomic mass is 9.78. The summed E-state index contributed by atoms with van der Waals surface area (Å²) in [6, 6.07) is 0.556. The van der Waals surface area contributed by atoms with E-state index in [4.69, 9.17) is 5.73 Å². The molecule has 0 aromatic heterocycles. The third-order valence-electron chi connectivity index (χ3n) is 4.64. The molecule has 1 rings (SSSR count). The summed E-state index contributed by atoms with van der Waals surface area (Å²) in [6.45, 7) is 8.01. The molecule has 0 spiro atoms. The number of nitrogens with zero attached hydrogens (tertiary/aromatic N) is 2. The Balaban J connectivity index is 2.64. The SMILES string of the molecule is CCN(C(=O)C(C)C1CCCC(N)C1)C(C)CN(C)C. The Bertz CT molecular complexity index is 306. The number of hydrogen-bond donors (Lipinski definition) is 1. The van der Waals surface area contributed by atoms with Crippen LogP contribution in [0.2, 0.25) is 0 Å². The van der Waals surface area contributed by atoms with E-state index in [9.17, 15) is 4.79 Å². The minimum Gasteiger partial charge on any atom is -0.339 e. The van der Waals surface area contributed by atoms with Crippen LogP contribution < -0.4 is 5.73 Å². The molecule has 2 N–H and O–H groups in total. The van der Waals surface area contributed by atoms with E-state index in [2.05, 4.69) is 39.8 Å². The predicted molar refractivity (Wildman–Crippen MR) is 84.5 cm³/mol. The highest BCUT2D eigenvalue weighted by Crippen LogP contribution is 2.30. The number of amides is 1. The number of nitrogens with two attached hydrogens (primary N) is 1. The van der Waals surface area contributed by atoms with Crippen molar-refractivity contribution < 1.29 is 4.79 Å². The van der Waals surface area contributed by atoms with Crippen molar-refractivity contribution in [3.8, 4) is 0 Å². The van der Waals surface area contributed by atoms with Gasteiger partial charge in [-0.3, -0.25) is 4.79 Å². The smallest absolute Gasteiger partial charge is 0.225 e. The average molecular weight is 283 g/mol. The van der Waals surface area contributed by atoms with Crippen molar-refractivity contribution in [3.63, 3.8) is 0 Å². The molecule has 1 aliphatic carbocycles. The fraction of sp³-hybridized carbons (Fsp3) is 0.938. The van der Waals surface area contributed by atoms with Crippen LogP contribution in [0.1, 0.15) is 46.5 Å². The third-order valence-corrected chi connectivity index (χ3v) is 4.64. The van der Waals surface area contributed by atoms with E-state index in [1.54, 1.807) is 0 Å². The van der Waals surface area contributed by atoms with Gasteiger partial charge in [0.25, 0.3) is 0 Å². The van der Waals surface area contributed by atoms with Gasteiger partial charge in [-0.25, -0.2) is 0 Å². The van der Waals surface area contributed by atoms with Gasteiger partial charge in [-0.1, -0.05) is 13.3 Å². The lowest BCUT2D eigenvalue weighted by Gasteiger charge is -2.36. The Labute approximate surface area is 124 Å². The molecule has 0 heterocycles. The fourth-order valence-corrected chi connectivity index (χ4v) is 3.50. The number of hydrogen-bond acceptors (Lipinski definition) is 3. The summed E-state index contributed by atoms with van der Waals surface area (Å²) in [7, 11) is 4.11. The largest absolute Gasteiger partial charge is 0.339 e. The molecule has 1 aliphatic rings. The van der Waals surface area contributed by atoms with Gasteiger partial charge in [0, 0.05) is 31.1 Å². The number of rotatable bonds is 6. The van der Waals surface area contributed by atoms with Crippen LogP contribution in [0.15, 0.2) is 0 Å². The minimum atomic E-state index is 0.103. The molecule has 4 nitrogen and oxygen atoms in total. The standard InChI is InChI=1S/C16H33N3O/c1-6-19(12(2)11-18(4)5)16(20)13(3)14-8-7-9-15(17)10-14/h12-15H,6-11,17H2,1-5H3. The molecule has 118 valence electrons. The molecule has 0 aromatic carbocycles. The predicted octanol–water partition coefficient (Wildman–Crippen LogP) is 1.94. The third kappa shape index (κ3) is 4.74. The summed E-state index contributed by atoms with van der Waals surface area (Å²) in [4.78, 5) is 16.9. The van der Waals surface area contributed by atoms with Gasteiger partial charge in [0.1, 0.15) is 0 Å². The zero-order valence-corrected chi connectivity index (χ0v) is 13.9. The van der Waals surface area contributed by atoms with E-state index in [1.165, 1.54) is 6.42 Å². The molecule has 0 saturated heterocycles. The van der Waals surface area contributed by atoms with Crippen molar-refractivity contribution in [1.82, 2.24) is 9.80 Å². The molecule has 4 unspecified atom stereocenters. The summed E-state index contributed by atoms with van der Waals surface area (Å²) >= 11 is 0. The van der Waals surface area contributed by atoms with E-state index in [1.807, 2.05) is 4.90 Å². The second-order valence-electron chi connectivity index (χ2n) is 6.71. The molecule has 0 aromatic rings. The van der Waals surface area contributed by atoms with Crippen LogP contribution in [0.3, 0.4) is 0 Å². The Morgan fingerprint density at radius 1 is 1.30 bits per heavy atom. The Kier molecular flexibility index (Phi) is 6.96. The molecule has 0 aliphatic heterocycles. The zero-order chi connectivity index (χ0) is 15.3. The quantitative estimate of drug-likeness (QED) is 0.810. The molecule has 0 radical (unpaired) electrons. The molecule has 20 heavy (non-hydrogen) atoms. The molecule has 4 atom stereocenters. The normalized spacial score (nSPS) is 26.4. The number of carbonyl (C=O) groups excluding carboxylic acids is 1. The van der Waals surface area contributed by atoms with Crippen molar-refractivity contribution in [3.05, 3.63) is 0 Å². The van der Waals surface area contributed by atoms with Gasteiger partial charge in [-0.2, -0.15) is 0 Å². The van der Waals surface area contributed by atoms with Crippen molar-refractivity contribution in [2.45, 2.75) is 58.5 Å². The van der Waals surface area contributed by atoms with E-state index < -0.39 is 0 Å². The van der Waals surface area contributed by atoms with Gasteiger partial charge in [0.05, 0.1) is 0 Å². The Morgan fingerprint density at radius 2 is 1.95 bits per heavy atom. The highest BCUT2D eigenvalue weighted by atomic mass is 16.2. The summed E-state index contributed by atoms with van der Waals surface area (Å²) in [6.07, 6.45) is 4.45. The van der Waals surface area contributed by atoms with Gasteiger partial charge in [0.15, 0.2) is 0 Å². The molecular formula is C16H33N3O. The fourth-order valence-electron chi connectivity index (χ4n) is 3.50. The zero-order valence-electron chi connectivity index (χ0n) is 13.9. The van der Waals surface area contributed by atoms with Crippen LogP contribution in [0.25, 0.3) is 0 Å². The van der Waals surface area contributed by atoms with Crippen molar-refractivity contribution in [2.75, 3.05) is 27.2 Å². The first-order valence-electron chi connectivity index (χ1n) is 8.07. The van der Waals surface area contributed by atoms with Gasteiger partial charge < -0.3 is 15.5 Å². The maximum Gasteiger partial charge on any atom is 0.225 e. The van der Waals surface area contributed by atoms with Crippen molar-refractivity contribution in [2.24, 2.45) is 17.6 Å². The minimum absolute atomic E-state index is 0.103. The molecule has 0 bridgehead atoms. The highest BCUT2D eigenvalue weighted by Gasteiger charge is 2.32. The molecule has 4 heteroatoms. The van der Waals surface area contributed by atoms with Crippen LogP contribution >= 0.6 is 0 Å². The van der Waals surface area contributed by atoms with Crippen LogP contribution in [0, 0.1) is 11.8 Å². The van der Waals surface area contributed by atoms with Gasteiger partial charge in [-0.15, -0.1) is 0 Å². The van der Waals surface area contributed by atoms with Gasteiger partial charge in [-0.05, 0) is 53.1 Å². The second-order valence-corrected chi connectivity index (χ2v) is 6.71. The van der Waals surface area contributed by atoms with E-state index in [-0.39, 0.29) is 12.0 Å². The first-order chi connectivity index (χ1) is 9.36. The molecule has 1 fully saturated rings. The first-order valence-corrected chi connectivity index (χ1v) is 8.07. The molecule has 1 amide bonds. The highest BCUT2D eigenvalue weighted by molar-refractivity contribution is 5.79. The van der Waals surface area contributed by atoms with Crippen LogP contribution in [-0.4, -0.2) is 55.0 Å². The number of likely N-dealkylation sites (N-methyl/N-ethyl adjacent to an activating group) is 2. The number of carbonyl (C=O) groups is 1. The Hall–Kier alpha value is -0.610. The van der Waals surface area contributed by atoms with Crippen LogP contribution in [0.5, 0.6) is 0 Å². The molecule has 1 saturated carbocycles. The maximum absolute atomic E-state index is 12.8. The second kappa shape index (κ2) is 7.99. The van der Waals surface area contributed by atoms with Crippen molar-refractivity contribution in [1.29, 1.82) is 0 Å². The summed E-state index contributed by atoms with van der Waals surface area (Å²) < 4.78 is 0. The lowest BCUT2D eigenvalue weighted by Crippen LogP contribution is -2.47. The van der Waals surface area contributed by atoms with Gasteiger partial charge >= 0.3 is 0 Å². The van der Waals surface area contributed by atoms with Gasteiger partial charge in [0.2, 0.25) is 5.91 Å². The summed E-state index contributed by atoms with van der Waals surface area (Å²) in [5.41, 5.74) is 6.07. The maximum atomic E-state index is 12.8. The van der Waals surface area contributed by atoms with E-state index >= 15 is 0 Å². The lowest BCUT2D eigenvalue weighted by molar-refractivity contribution is -0.139. The van der Waals surface area contributed by atoms with Crippen LogP contribution in [0.4, 0.5) is 0 Å².